The first-order chi connectivity index (χ1) is 10.3. The molecule has 2 atom stereocenters. The van der Waals surface area contributed by atoms with Crippen molar-refractivity contribution in [1.29, 1.82) is 0 Å². The van der Waals surface area contributed by atoms with Gasteiger partial charge in [-0.25, -0.2) is 0 Å². The molecular formula is C18H27Cl2NO. The van der Waals surface area contributed by atoms with Gasteiger partial charge in [-0.1, -0.05) is 49.5 Å². The van der Waals surface area contributed by atoms with E-state index in [0.29, 0.717) is 16.0 Å². The van der Waals surface area contributed by atoms with Gasteiger partial charge in [0.05, 0.1) is 16.1 Å². The summed E-state index contributed by atoms with van der Waals surface area (Å²) in [6, 6.07) is 6.04. The third-order valence-electron chi connectivity index (χ3n) is 4.94. The van der Waals surface area contributed by atoms with Crippen molar-refractivity contribution in [2.45, 2.75) is 57.1 Å². The highest BCUT2D eigenvalue weighted by Gasteiger charge is 2.49. The largest absolute Gasteiger partial charge is 0.391 e. The highest BCUT2D eigenvalue weighted by atomic mass is 35.5. The Morgan fingerprint density at radius 2 is 1.82 bits per heavy atom. The third kappa shape index (κ3) is 3.46. The van der Waals surface area contributed by atoms with Gasteiger partial charge in [-0.15, -0.1) is 0 Å². The first kappa shape index (κ1) is 18.1. The number of hydrogen-bond donors (Lipinski definition) is 1. The number of hydrogen-bond acceptors (Lipinski definition) is 2. The van der Waals surface area contributed by atoms with Gasteiger partial charge in [-0.05, 0) is 57.0 Å². The van der Waals surface area contributed by atoms with Gasteiger partial charge in [0, 0.05) is 11.5 Å². The summed E-state index contributed by atoms with van der Waals surface area (Å²) in [7, 11) is 4.12. The van der Waals surface area contributed by atoms with E-state index in [1.807, 2.05) is 12.1 Å². The van der Waals surface area contributed by atoms with Crippen molar-refractivity contribution < 1.29 is 5.11 Å². The summed E-state index contributed by atoms with van der Waals surface area (Å²) in [6.45, 7) is 4.31. The molecule has 1 saturated carbocycles. The summed E-state index contributed by atoms with van der Waals surface area (Å²) in [5, 5.41) is 12.0. The van der Waals surface area contributed by atoms with Crippen LogP contribution in [0.15, 0.2) is 18.2 Å². The van der Waals surface area contributed by atoms with Gasteiger partial charge < -0.3 is 10.0 Å². The fourth-order valence-electron chi connectivity index (χ4n) is 3.94. The summed E-state index contributed by atoms with van der Waals surface area (Å²) in [4.78, 5) is 2.18. The molecule has 1 aromatic rings. The summed E-state index contributed by atoms with van der Waals surface area (Å²) in [6.07, 6.45) is 3.83. The van der Waals surface area contributed by atoms with Crippen LogP contribution in [-0.2, 0) is 5.41 Å². The second kappa shape index (κ2) is 7.09. The van der Waals surface area contributed by atoms with Crippen molar-refractivity contribution in [2.75, 3.05) is 14.1 Å². The third-order valence-corrected chi connectivity index (χ3v) is 5.68. The van der Waals surface area contributed by atoms with Crippen molar-refractivity contribution in [3.63, 3.8) is 0 Å². The van der Waals surface area contributed by atoms with Crippen LogP contribution in [0.4, 0.5) is 0 Å². The SMILES string of the molecule is CC(C)CC(O)C(N(C)C)C1(c2ccc(Cl)c(Cl)c2)CCC1. The molecule has 0 heterocycles. The maximum atomic E-state index is 10.8. The molecule has 4 heteroatoms. The first-order valence-electron chi connectivity index (χ1n) is 8.08. The molecule has 1 aliphatic rings. The van der Waals surface area contributed by atoms with Crippen LogP contribution in [-0.4, -0.2) is 36.2 Å². The maximum Gasteiger partial charge on any atom is 0.0706 e. The summed E-state index contributed by atoms with van der Waals surface area (Å²) >= 11 is 12.3. The number of benzene rings is 1. The lowest BCUT2D eigenvalue weighted by molar-refractivity contribution is -0.0152. The zero-order chi connectivity index (χ0) is 16.5. The Morgan fingerprint density at radius 3 is 2.23 bits per heavy atom. The minimum atomic E-state index is -0.343. The minimum Gasteiger partial charge on any atom is -0.391 e. The van der Waals surface area contributed by atoms with Gasteiger partial charge in [-0.3, -0.25) is 0 Å². The Bertz CT molecular complexity index is 512. The monoisotopic (exact) mass is 343 g/mol. The summed E-state index contributed by atoms with van der Waals surface area (Å²) in [5.41, 5.74) is 1.18. The molecule has 2 unspecified atom stereocenters. The molecule has 0 aliphatic heterocycles. The average molecular weight is 344 g/mol. The van der Waals surface area contributed by atoms with Crippen molar-refractivity contribution >= 4 is 23.2 Å². The first-order valence-corrected chi connectivity index (χ1v) is 8.83. The molecule has 22 heavy (non-hydrogen) atoms. The molecule has 1 fully saturated rings. The normalized spacial score (nSPS) is 20.0. The fourth-order valence-corrected chi connectivity index (χ4v) is 4.24. The zero-order valence-corrected chi connectivity index (χ0v) is 15.5. The molecule has 2 rings (SSSR count). The lowest BCUT2D eigenvalue weighted by Crippen LogP contribution is -2.58. The highest BCUT2D eigenvalue weighted by molar-refractivity contribution is 6.42. The molecule has 0 bridgehead atoms. The molecule has 2 nitrogen and oxygen atoms in total. The quantitative estimate of drug-likeness (QED) is 0.805. The number of aliphatic hydroxyl groups excluding tert-OH is 1. The second-order valence-corrected chi connectivity index (χ2v) is 8.06. The van der Waals surface area contributed by atoms with Crippen LogP contribution in [0.1, 0.15) is 45.1 Å². The number of nitrogens with zero attached hydrogens (tertiary/aromatic N) is 1. The van der Waals surface area contributed by atoms with Gasteiger partial charge in [-0.2, -0.15) is 0 Å². The van der Waals surface area contributed by atoms with Gasteiger partial charge in [0.2, 0.25) is 0 Å². The number of halogens is 2. The molecular weight excluding hydrogens is 317 g/mol. The van der Waals surface area contributed by atoms with Crippen molar-refractivity contribution in [3.8, 4) is 0 Å². The van der Waals surface area contributed by atoms with E-state index in [2.05, 4.69) is 38.9 Å². The van der Waals surface area contributed by atoms with Crippen LogP contribution in [0.25, 0.3) is 0 Å². The lowest BCUT2D eigenvalue weighted by atomic mass is 9.58. The van der Waals surface area contributed by atoms with Crippen molar-refractivity contribution in [1.82, 2.24) is 4.90 Å². The van der Waals surface area contributed by atoms with Crippen molar-refractivity contribution in [3.05, 3.63) is 33.8 Å². The summed E-state index contributed by atoms with van der Waals surface area (Å²) in [5.74, 6) is 0.475. The second-order valence-electron chi connectivity index (χ2n) is 7.24. The van der Waals surface area contributed by atoms with Crippen LogP contribution in [0.3, 0.4) is 0 Å². The Labute approximate surface area is 144 Å². The lowest BCUT2D eigenvalue weighted by Gasteiger charge is -2.52. The van der Waals surface area contributed by atoms with E-state index in [4.69, 9.17) is 23.2 Å². The molecule has 1 aliphatic carbocycles. The number of rotatable bonds is 6. The van der Waals surface area contributed by atoms with E-state index in [0.717, 1.165) is 19.3 Å². The molecule has 0 radical (unpaired) electrons. The minimum absolute atomic E-state index is 0.0218. The van der Waals surface area contributed by atoms with Crippen molar-refractivity contribution in [2.24, 2.45) is 5.92 Å². The predicted octanol–water partition coefficient (Wildman–Crippen LogP) is 4.75. The van der Waals surface area contributed by atoms with E-state index < -0.39 is 0 Å². The molecule has 1 N–H and O–H groups in total. The molecule has 0 spiro atoms. The fraction of sp³-hybridized carbons (Fsp3) is 0.667. The average Bonchev–Trinajstić information content (AvgIpc) is 2.35. The van der Waals surface area contributed by atoms with E-state index in [1.165, 1.54) is 12.0 Å². The predicted molar refractivity (Wildman–Crippen MR) is 94.9 cm³/mol. The molecule has 1 aromatic carbocycles. The molecule has 0 amide bonds. The zero-order valence-electron chi connectivity index (χ0n) is 13.9. The summed E-state index contributed by atoms with van der Waals surface area (Å²) < 4.78 is 0. The molecule has 0 aromatic heterocycles. The smallest absolute Gasteiger partial charge is 0.0706 e. The Balaban J connectivity index is 2.39. The highest BCUT2D eigenvalue weighted by Crippen LogP contribution is 2.50. The van der Waals surface area contributed by atoms with Gasteiger partial charge in [0.15, 0.2) is 0 Å². The Morgan fingerprint density at radius 1 is 1.18 bits per heavy atom. The standard InChI is InChI=1S/C18H27Cl2NO/c1-12(2)10-16(22)17(21(3)4)18(8-5-9-18)13-6-7-14(19)15(20)11-13/h6-7,11-12,16-17,22H,5,8-10H2,1-4H3. The van der Waals surface area contributed by atoms with Gasteiger partial charge >= 0.3 is 0 Å². The van der Waals surface area contributed by atoms with E-state index >= 15 is 0 Å². The van der Waals surface area contributed by atoms with Crippen LogP contribution >= 0.6 is 23.2 Å². The maximum absolute atomic E-state index is 10.8. The van der Waals surface area contributed by atoms with E-state index in [-0.39, 0.29) is 17.6 Å². The van der Waals surface area contributed by atoms with Gasteiger partial charge in [0.1, 0.15) is 0 Å². The Hall–Kier alpha value is -0.280. The number of aliphatic hydroxyl groups is 1. The molecule has 124 valence electrons. The van der Waals surface area contributed by atoms with E-state index in [1.54, 1.807) is 0 Å². The van der Waals surface area contributed by atoms with Gasteiger partial charge in [0.25, 0.3) is 0 Å². The van der Waals surface area contributed by atoms with Crippen LogP contribution in [0.2, 0.25) is 10.0 Å². The van der Waals surface area contributed by atoms with Crippen LogP contribution in [0, 0.1) is 5.92 Å². The Kier molecular flexibility index (Phi) is 5.82. The van der Waals surface area contributed by atoms with Crippen LogP contribution in [0.5, 0.6) is 0 Å². The topological polar surface area (TPSA) is 23.5 Å². The molecule has 0 saturated heterocycles. The number of likely N-dealkylation sites (N-methyl/N-ethyl adjacent to an activating group) is 1. The van der Waals surface area contributed by atoms with Crippen LogP contribution < -0.4 is 0 Å². The van der Waals surface area contributed by atoms with E-state index in [9.17, 15) is 5.11 Å².